The lowest BCUT2D eigenvalue weighted by Crippen LogP contribution is -2.23. The molecule has 0 radical (unpaired) electrons. The van der Waals surface area contributed by atoms with Crippen molar-refractivity contribution < 1.29 is 18.0 Å². The van der Waals surface area contributed by atoms with Crippen molar-refractivity contribution in [3.05, 3.63) is 41.3 Å². The van der Waals surface area contributed by atoms with Gasteiger partial charge in [-0.05, 0) is 18.2 Å². The fourth-order valence-corrected chi connectivity index (χ4v) is 2.44. The zero-order valence-electron chi connectivity index (χ0n) is 12.7. The van der Waals surface area contributed by atoms with Gasteiger partial charge in [-0.2, -0.15) is 0 Å². The number of nitrogens with one attached hydrogen (secondary N) is 3. The van der Waals surface area contributed by atoms with E-state index in [1.165, 1.54) is 25.6 Å². The second-order valence-corrected chi connectivity index (χ2v) is 6.72. The summed E-state index contributed by atoms with van der Waals surface area (Å²) in [6, 6.07) is 4.61. The number of hydrogen-bond acceptors (Lipinski definition) is 7. The molecular formula is C13H14ClN5O4S. The number of nitrogens with zero attached hydrogens (tertiary/aromatic N) is 2. The minimum Gasteiger partial charge on any atom is -0.352 e. The molecule has 1 amide bonds. The van der Waals surface area contributed by atoms with Gasteiger partial charge in [-0.15, -0.1) is 0 Å². The number of aromatic nitrogens is 2. The Morgan fingerprint density at radius 2 is 2.04 bits per heavy atom. The van der Waals surface area contributed by atoms with E-state index in [0.717, 1.165) is 6.26 Å². The number of carbonyl (C=O) groups excluding carboxylic acids is 1. The molecular weight excluding hydrogens is 358 g/mol. The average molecular weight is 372 g/mol. The minimum atomic E-state index is -3.53. The van der Waals surface area contributed by atoms with Gasteiger partial charge in [-0.25, -0.2) is 23.9 Å². The quantitative estimate of drug-likeness (QED) is 0.520. The molecule has 128 valence electrons. The van der Waals surface area contributed by atoms with E-state index < -0.39 is 15.9 Å². The molecule has 0 saturated heterocycles. The third kappa shape index (κ3) is 4.78. The number of sulfonamides is 1. The van der Waals surface area contributed by atoms with Gasteiger partial charge in [-0.3, -0.25) is 14.4 Å². The molecule has 0 aromatic carbocycles. The first-order valence-electron chi connectivity index (χ1n) is 6.49. The number of rotatable bonds is 6. The molecule has 0 aliphatic carbocycles. The molecule has 0 spiro atoms. The van der Waals surface area contributed by atoms with Crippen LogP contribution in [-0.4, -0.2) is 37.7 Å². The summed E-state index contributed by atoms with van der Waals surface area (Å²) in [4.78, 5) is 24.4. The fraction of sp³-hybridized carbons (Fsp3) is 0.154. The van der Waals surface area contributed by atoms with Gasteiger partial charge in [0, 0.05) is 12.4 Å². The minimum absolute atomic E-state index is 0.0750. The molecule has 2 aromatic rings. The van der Waals surface area contributed by atoms with Crippen LogP contribution in [-0.2, 0) is 14.9 Å². The predicted molar refractivity (Wildman–Crippen MR) is 89.7 cm³/mol. The Hall–Kier alpha value is -2.43. The predicted octanol–water partition coefficient (Wildman–Crippen LogP) is 1.54. The van der Waals surface area contributed by atoms with Crippen LogP contribution in [0, 0.1) is 0 Å². The van der Waals surface area contributed by atoms with Crippen LogP contribution in [0.5, 0.6) is 0 Å². The topological polar surface area (TPSA) is 122 Å². The summed E-state index contributed by atoms with van der Waals surface area (Å²) in [5.74, 6) is -0.475. The van der Waals surface area contributed by atoms with E-state index in [1.54, 1.807) is 12.1 Å². The molecule has 0 bridgehead atoms. The van der Waals surface area contributed by atoms with E-state index in [0.29, 0.717) is 11.4 Å². The Bertz CT molecular complexity index is 859. The van der Waals surface area contributed by atoms with Gasteiger partial charge in [0.2, 0.25) is 10.0 Å². The van der Waals surface area contributed by atoms with Crippen molar-refractivity contribution in [2.45, 2.75) is 0 Å². The number of amides is 1. The van der Waals surface area contributed by atoms with Crippen molar-refractivity contribution in [1.82, 2.24) is 15.4 Å². The lowest BCUT2D eigenvalue weighted by atomic mass is 10.2. The molecule has 2 aromatic heterocycles. The molecule has 0 fully saturated rings. The van der Waals surface area contributed by atoms with Crippen LogP contribution in [0.1, 0.15) is 10.4 Å². The third-order valence-corrected chi connectivity index (χ3v) is 3.44. The van der Waals surface area contributed by atoms with Crippen molar-refractivity contribution in [2.75, 3.05) is 23.4 Å². The molecule has 0 atom stereocenters. The Kier molecular flexibility index (Phi) is 5.54. The first kappa shape index (κ1) is 17.9. The number of pyridine rings is 2. The van der Waals surface area contributed by atoms with Crippen LogP contribution in [0.2, 0.25) is 5.15 Å². The summed E-state index contributed by atoms with van der Waals surface area (Å²) in [5.41, 5.74) is 2.95. The molecule has 9 nitrogen and oxygen atoms in total. The average Bonchev–Trinajstić information content (AvgIpc) is 2.48. The zero-order chi connectivity index (χ0) is 17.7. The Balaban J connectivity index is 2.41. The lowest BCUT2D eigenvalue weighted by Gasteiger charge is -2.14. The summed E-state index contributed by atoms with van der Waals surface area (Å²) in [5, 5.41) is 3.06. The van der Waals surface area contributed by atoms with Gasteiger partial charge < -0.3 is 5.32 Å². The molecule has 24 heavy (non-hydrogen) atoms. The van der Waals surface area contributed by atoms with Gasteiger partial charge in [0.25, 0.3) is 5.91 Å². The Labute approximate surface area is 143 Å². The summed E-state index contributed by atoms with van der Waals surface area (Å²) < 4.78 is 25.1. The normalized spacial score (nSPS) is 11.0. The molecule has 0 saturated carbocycles. The van der Waals surface area contributed by atoms with Crippen LogP contribution in [0.4, 0.5) is 17.2 Å². The monoisotopic (exact) mass is 371 g/mol. The van der Waals surface area contributed by atoms with Gasteiger partial charge in [0.1, 0.15) is 5.15 Å². The number of hydroxylamine groups is 1. The summed E-state index contributed by atoms with van der Waals surface area (Å²) in [7, 11) is -2.23. The molecule has 2 rings (SSSR count). The highest BCUT2D eigenvalue weighted by Crippen LogP contribution is 2.27. The molecule has 0 aliphatic heterocycles. The third-order valence-electron chi connectivity index (χ3n) is 2.67. The van der Waals surface area contributed by atoms with Crippen molar-refractivity contribution in [1.29, 1.82) is 0 Å². The van der Waals surface area contributed by atoms with Crippen LogP contribution in [0.25, 0.3) is 0 Å². The van der Waals surface area contributed by atoms with Crippen molar-refractivity contribution in [3.8, 4) is 0 Å². The molecule has 3 N–H and O–H groups in total. The maximum atomic E-state index is 12.0. The second-order valence-electron chi connectivity index (χ2n) is 4.59. The van der Waals surface area contributed by atoms with Crippen LogP contribution >= 0.6 is 11.6 Å². The van der Waals surface area contributed by atoms with E-state index in [4.69, 9.17) is 11.6 Å². The highest BCUT2D eigenvalue weighted by Gasteiger charge is 2.15. The lowest BCUT2D eigenvalue weighted by molar-refractivity contribution is 0.0538. The van der Waals surface area contributed by atoms with Gasteiger partial charge in [-0.1, -0.05) is 11.6 Å². The zero-order valence-corrected chi connectivity index (χ0v) is 14.3. The van der Waals surface area contributed by atoms with Crippen molar-refractivity contribution >= 4 is 44.7 Å². The molecule has 0 aliphatic rings. The number of anilines is 3. The number of hydrogen-bond donors (Lipinski definition) is 3. The van der Waals surface area contributed by atoms with E-state index in [9.17, 15) is 13.2 Å². The number of halogens is 1. The SMILES string of the molecule is CONC(=O)c1cnc(Cl)cc1Nc1cccnc1NS(C)(=O)=O. The van der Waals surface area contributed by atoms with E-state index in [1.807, 2.05) is 0 Å². The Morgan fingerprint density at radius 1 is 1.29 bits per heavy atom. The van der Waals surface area contributed by atoms with Crippen LogP contribution in [0.3, 0.4) is 0 Å². The second kappa shape index (κ2) is 7.43. The van der Waals surface area contributed by atoms with E-state index in [2.05, 4.69) is 30.3 Å². The molecule has 0 unspecified atom stereocenters. The van der Waals surface area contributed by atoms with Crippen molar-refractivity contribution in [2.24, 2.45) is 0 Å². The van der Waals surface area contributed by atoms with Crippen LogP contribution < -0.4 is 15.5 Å². The largest absolute Gasteiger partial charge is 0.352 e. The van der Waals surface area contributed by atoms with Gasteiger partial charge >= 0.3 is 0 Å². The smallest absolute Gasteiger partial charge is 0.278 e. The first-order chi connectivity index (χ1) is 11.3. The highest BCUT2D eigenvalue weighted by atomic mass is 35.5. The maximum absolute atomic E-state index is 12.0. The van der Waals surface area contributed by atoms with E-state index in [-0.39, 0.29) is 16.5 Å². The van der Waals surface area contributed by atoms with Crippen LogP contribution in [0.15, 0.2) is 30.6 Å². The fourth-order valence-electron chi connectivity index (χ4n) is 1.77. The molecule has 2 heterocycles. The standard InChI is InChI=1S/C13H14ClN5O4S/c1-23-18-13(20)8-7-16-11(14)6-10(8)17-9-4-3-5-15-12(9)19-24(2,21)22/h3-7H,1-2H3,(H,15,19)(H,16,17)(H,18,20). The Morgan fingerprint density at radius 3 is 2.71 bits per heavy atom. The highest BCUT2D eigenvalue weighted by molar-refractivity contribution is 7.92. The van der Waals surface area contributed by atoms with Crippen molar-refractivity contribution in [3.63, 3.8) is 0 Å². The van der Waals surface area contributed by atoms with E-state index >= 15 is 0 Å². The summed E-state index contributed by atoms with van der Waals surface area (Å²) >= 11 is 5.87. The maximum Gasteiger partial charge on any atom is 0.278 e. The number of carbonyl (C=O) groups is 1. The van der Waals surface area contributed by atoms with Gasteiger partial charge in [0.15, 0.2) is 5.82 Å². The first-order valence-corrected chi connectivity index (χ1v) is 8.76. The van der Waals surface area contributed by atoms with Gasteiger partial charge in [0.05, 0.1) is 30.3 Å². The molecule has 11 heteroatoms. The summed E-state index contributed by atoms with van der Waals surface area (Å²) in [6.45, 7) is 0. The summed E-state index contributed by atoms with van der Waals surface area (Å²) in [6.07, 6.45) is 3.70.